The Morgan fingerprint density at radius 1 is 0.949 bits per heavy atom. The number of rotatable bonds is 2. The van der Waals surface area contributed by atoms with Crippen molar-refractivity contribution in [2.24, 2.45) is 23.5 Å². The van der Waals surface area contributed by atoms with Crippen LogP contribution in [0.4, 0.5) is 14.9 Å². The van der Waals surface area contributed by atoms with Gasteiger partial charge in [0.2, 0.25) is 11.8 Å². The number of primary amides is 1. The smallest absolute Gasteiger partial charge is 0.328 e. The van der Waals surface area contributed by atoms with Crippen LogP contribution in [0.15, 0.2) is 60.2 Å². The van der Waals surface area contributed by atoms with Crippen molar-refractivity contribution >= 4 is 58.5 Å². The van der Waals surface area contributed by atoms with Gasteiger partial charge in [-0.25, -0.2) is 14.1 Å². The summed E-state index contributed by atoms with van der Waals surface area (Å²) in [6.07, 6.45) is 1.50. The number of anilines is 1. The van der Waals surface area contributed by atoms with E-state index in [-0.39, 0.29) is 24.3 Å². The minimum absolute atomic E-state index is 0.0556. The van der Waals surface area contributed by atoms with E-state index in [0.29, 0.717) is 16.0 Å². The summed E-state index contributed by atoms with van der Waals surface area (Å²) < 4.78 is 13.6. The van der Waals surface area contributed by atoms with Crippen molar-refractivity contribution in [1.29, 1.82) is 0 Å². The fraction of sp³-hybridized carbons (Fsp3) is 0.296. The summed E-state index contributed by atoms with van der Waals surface area (Å²) in [6.45, 7) is 0. The Labute approximate surface area is 230 Å². The molecule has 0 bridgehead atoms. The third-order valence-corrected chi connectivity index (χ3v) is 9.76. The predicted octanol–water partition coefficient (Wildman–Crippen LogP) is 3.17. The third-order valence-electron chi connectivity index (χ3n) is 8.34. The third kappa shape index (κ3) is 3.21. The van der Waals surface area contributed by atoms with Gasteiger partial charge in [0.1, 0.15) is 11.6 Å². The molecule has 2 heterocycles. The lowest BCUT2D eigenvalue weighted by Crippen LogP contribution is -2.60. The van der Waals surface area contributed by atoms with Crippen LogP contribution in [-0.4, -0.2) is 49.4 Å². The number of hydrogen-bond donors (Lipinski definition) is 2. The van der Waals surface area contributed by atoms with Crippen molar-refractivity contribution in [2.75, 3.05) is 4.90 Å². The van der Waals surface area contributed by atoms with Crippen molar-refractivity contribution in [2.45, 2.75) is 28.5 Å². The summed E-state index contributed by atoms with van der Waals surface area (Å²) in [5, 5.41) is 9.90. The summed E-state index contributed by atoms with van der Waals surface area (Å²) in [6, 6.07) is 9.33. The monoisotopic (exact) mass is 571 g/mol. The summed E-state index contributed by atoms with van der Waals surface area (Å²) in [5.74, 6) is -7.70. The highest BCUT2D eigenvalue weighted by Gasteiger charge is 2.76. The highest BCUT2D eigenvalue weighted by atomic mass is 35.5. The molecule has 1 saturated carbocycles. The van der Waals surface area contributed by atoms with Crippen LogP contribution >= 0.6 is 23.2 Å². The number of fused-ring (bicyclic) bond motifs is 4. The van der Waals surface area contributed by atoms with Crippen molar-refractivity contribution in [3.8, 4) is 5.75 Å². The van der Waals surface area contributed by atoms with Gasteiger partial charge >= 0.3 is 6.03 Å². The lowest BCUT2D eigenvalue weighted by molar-refractivity contribution is -0.136. The zero-order valence-corrected chi connectivity index (χ0v) is 21.5. The Hall–Kier alpha value is -3.76. The molecule has 6 rings (SSSR count). The van der Waals surface area contributed by atoms with Crippen molar-refractivity contribution in [3.63, 3.8) is 0 Å². The minimum atomic E-state index is -2.09. The number of allylic oxidation sites excluding steroid dienone is 2. The number of likely N-dealkylation sites (tertiary alicyclic amines) is 1. The highest BCUT2D eigenvalue weighted by Crippen LogP contribution is 2.65. The zero-order chi connectivity index (χ0) is 28.0. The molecule has 4 aliphatic rings. The molecule has 3 N–H and O–H groups in total. The van der Waals surface area contributed by atoms with Crippen molar-refractivity contribution < 1.29 is 33.5 Å². The number of carbonyl (C=O) groups is 5. The van der Waals surface area contributed by atoms with Crippen molar-refractivity contribution in [3.05, 3.63) is 71.6 Å². The van der Waals surface area contributed by atoms with E-state index in [2.05, 4.69) is 0 Å². The number of hydrogen-bond acceptors (Lipinski definition) is 6. The molecular formula is C27H20Cl2FN3O6. The van der Waals surface area contributed by atoms with E-state index in [1.54, 1.807) is 6.08 Å². The standard InChI is InChI=1S/C27H20Cl2FN3O6/c28-26-11-18-16(9-10-17-19(18)22(36)33(21(17)35)25(31)39)20(12-1-7-15(34)8-2-12)27(26,29)24(38)32(23(26)37)14-5-3-13(30)4-6-14/h1-9,17-20,34H,10-11H2,(H2,31,39)/t17-,18+,19-,20-,26+,27-/m0/s1. The van der Waals surface area contributed by atoms with Crippen LogP contribution in [0.25, 0.3) is 0 Å². The fourth-order valence-electron chi connectivity index (χ4n) is 6.66. The van der Waals surface area contributed by atoms with E-state index in [9.17, 15) is 33.5 Å². The molecule has 9 nitrogen and oxygen atoms in total. The Morgan fingerprint density at radius 2 is 1.59 bits per heavy atom. The highest BCUT2D eigenvalue weighted by molar-refractivity contribution is 6.58. The van der Waals surface area contributed by atoms with E-state index in [4.69, 9.17) is 28.9 Å². The van der Waals surface area contributed by atoms with Gasteiger partial charge in [-0.15, -0.1) is 23.2 Å². The normalized spacial score (nSPS) is 33.6. The van der Waals surface area contributed by atoms with E-state index < -0.39 is 68.9 Å². The summed E-state index contributed by atoms with van der Waals surface area (Å²) in [4.78, 5) is 63.4. The second-order valence-electron chi connectivity index (χ2n) is 10.2. The molecule has 2 aromatic carbocycles. The number of urea groups is 1. The number of phenolic OH excluding ortho intramolecular Hbond substituents is 1. The molecule has 12 heteroatoms. The molecule has 0 radical (unpaired) electrons. The van der Waals surface area contributed by atoms with Gasteiger partial charge in [-0.3, -0.25) is 19.2 Å². The van der Waals surface area contributed by atoms with Crippen LogP contribution in [0, 0.1) is 23.6 Å². The topological polar surface area (TPSA) is 138 Å². The molecule has 0 spiro atoms. The Balaban J connectivity index is 1.55. The van der Waals surface area contributed by atoms with E-state index in [1.165, 1.54) is 36.4 Å². The van der Waals surface area contributed by atoms with Crippen LogP contribution in [0.5, 0.6) is 5.75 Å². The maximum Gasteiger partial charge on any atom is 0.328 e. The van der Waals surface area contributed by atoms with Crippen LogP contribution in [-0.2, 0) is 19.2 Å². The Morgan fingerprint density at radius 3 is 2.21 bits per heavy atom. The largest absolute Gasteiger partial charge is 0.508 e. The molecule has 2 aromatic rings. The van der Waals surface area contributed by atoms with Gasteiger partial charge in [0.05, 0.1) is 17.5 Å². The average Bonchev–Trinajstić information content (AvgIpc) is 3.24. The number of aromatic hydroxyl groups is 1. The van der Waals surface area contributed by atoms with Gasteiger partial charge in [0.15, 0.2) is 9.75 Å². The van der Waals surface area contributed by atoms with Gasteiger partial charge in [-0.05, 0) is 60.7 Å². The number of nitrogens with zero attached hydrogens (tertiary/aromatic N) is 2. The predicted molar refractivity (Wildman–Crippen MR) is 136 cm³/mol. The van der Waals surface area contributed by atoms with Crippen LogP contribution in [0.3, 0.4) is 0 Å². The molecule has 2 aliphatic heterocycles. The van der Waals surface area contributed by atoms with Crippen molar-refractivity contribution in [1.82, 2.24) is 4.90 Å². The summed E-state index contributed by atoms with van der Waals surface area (Å²) >= 11 is 14.3. The van der Waals surface area contributed by atoms with Crippen LogP contribution in [0.1, 0.15) is 24.3 Å². The van der Waals surface area contributed by atoms with Crippen LogP contribution in [0.2, 0.25) is 0 Å². The SMILES string of the molecule is NC(=O)N1C(=O)[C@H]2[C@H](CC=C3[C@H]2C[C@@]2(Cl)C(=O)N(c4ccc(F)cc4)C(=O)[C@@]2(Cl)[C@H]3c2ccc(O)cc2)C1=O. The molecular weight excluding hydrogens is 552 g/mol. The van der Waals surface area contributed by atoms with Gasteiger partial charge < -0.3 is 10.8 Å². The number of halogens is 3. The Kier molecular flexibility index (Phi) is 5.47. The quantitative estimate of drug-likeness (QED) is 0.322. The molecule has 6 atom stereocenters. The second kappa shape index (κ2) is 8.37. The summed E-state index contributed by atoms with van der Waals surface area (Å²) in [7, 11) is 0. The molecule has 3 fully saturated rings. The van der Waals surface area contributed by atoms with E-state index >= 15 is 0 Å². The molecule has 39 heavy (non-hydrogen) atoms. The first-order valence-electron chi connectivity index (χ1n) is 12.1. The van der Waals surface area contributed by atoms with Gasteiger partial charge in [-0.2, -0.15) is 4.90 Å². The molecule has 0 aromatic heterocycles. The lowest BCUT2D eigenvalue weighted by Gasteiger charge is -2.50. The maximum atomic E-state index is 14.1. The number of benzene rings is 2. The number of imide groups is 4. The lowest BCUT2D eigenvalue weighted by atomic mass is 9.56. The number of amides is 6. The summed E-state index contributed by atoms with van der Waals surface area (Å²) in [5.41, 5.74) is 6.34. The molecule has 2 saturated heterocycles. The number of nitrogens with two attached hydrogens (primary N) is 1. The molecule has 0 unspecified atom stereocenters. The second-order valence-corrected chi connectivity index (χ2v) is 11.4. The first-order chi connectivity index (χ1) is 18.4. The van der Waals surface area contributed by atoms with E-state index in [0.717, 1.165) is 17.0 Å². The number of carbonyl (C=O) groups excluding carboxylic acids is 5. The van der Waals surface area contributed by atoms with Gasteiger partial charge in [0, 0.05) is 5.92 Å². The molecule has 2 aliphatic carbocycles. The van der Waals surface area contributed by atoms with Gasteiger partial charge in [-0.1, -0.05) is 23.8 Å². The van der Waals surface area contributed by atoms with E-state index in [1.807, 2.05) is 0 Å². The fourth-order valence-corrected chi connectivity index (χ4v) is 7.59. The first-order valence-corrected chi connectivity index (χ1v) is 12.9. The number of alkyl halides is 2. The molecule has 200 valence electrons. The van der Waals surface area contributed by atoms with Gasteiger partial charge in [0.25, 0.3) is 11.8 Å². The first kappa shape index (κ1) is 25.5. The number of phenols is 1. The minimum Gasteiger partial charge on any atom is -0.508 e. The molecule has 6 amide bonds. The van der Waals surface area contributed by atoms with Crippen LogP contribution < -0.4 is 10.6 Å². The average molecular weight is 572 g/mol. The zero-order valence-electron chi connectivity index (χ0n) is 20.0. The Bertz CT molecular complexity index is 1510. The maximum absolute atomic E-state index is 14.1.